The quantitative estimate of drug-likeness (QED) is 0.132. The van der Waals surface area contributed by atoms with E-state index in [9.17, 15) is 9.18 Å². The largest absolute Gasteiger partial charge is 0.489 e. The van der Waals surface area contributed by atoms with Crippen molar-refractivity contribution >= 4 is 43.9 Å². The number of ether oxygens (including phenoxy) is 1. The molecule has 0 radical (unpaired) electrons. The monoisotopic (exact) mass is 586 g/mol. The third-order valence-corrected chi connectivity index (χ3v) is 9.07. The fourth-order valence-corrected chi connectivity index (χ4v) is 6.20. The van der Waals surface area contributed by atoms with Crippen LogP contribution in [0.4, 0.5) is 9.52 Å². The Morgan fingerprint density at radius 2 is 1.38 bits per heavy atom. The predicted molar refractivity (Wildman–Crippen MR) is 164 cm³/mol. The number of nitrogens with zero attached hydrogens (tertiary/aromatic N) is 1. The van der Waals surface area contributed by atoms with Gasteiger partial charge in [-0.2, -0.15) is 4.98 Å². The molecule has 1 N–H and O–H groups in total. The average Bonchev–Trinajstić information content (AvgIpc) is 3.38. The second-order valence-corrected chi connectivity index (χ2v) is 12.2. The van der Waals surface area contributed by atoms with Gasteiger partial charge in [-0.15, -0.1) is 0 Å². The van der Waals surface area contributed by atoms with Crippen molar-refractivity contribution in [3.63, 3.8) is 0 Å². The molecule has 4 nitrogen and oxygen atoms in total. The first kappa shape index (κ1) is 27.8. The zero-order valence-electron chi connectivity index (χ0n) is 21.8. The third-order valence-electron chi connectivity index (χ3n) is 6.55. The van der Waals surface area contributed by atoms with Crippen LogP contribution < -0.4 is 10.1 Å². The summed E-state index contributed by atoms with van der Waals surface area (Å²) in [4.78, 5) is 17.8. The molecule has 1 heterocycles. The lowest BCUT2D eigenvalue weighted by atomic mass is 9.89. The van der Waals surface area contributed by atoms with Crippen molar-refractivity contribution in [3.05, 3.63) is 140 Å². The number of benzene rings is 4. The number of carbonyl (C=O) groups is 1. The van der Waals surface area contributed by atoms with Gasteiger partial charge in [0.25, 0.3) is 0 Å². The molecule has 8 heteroatoms. The number of anilines is 1. The third kappa shape index (κ3) is 7.47. The van der Waals surface area contributed by atoms with E-state index in [1.165, 1.54) is 38.4 Å². The van der Waals surface area contributed by atoms with E-state index in [0.29, 0.717) is 15.7 Å². The van der Waals surface area contributed by atoms with Crippen LogP contribution in [0.2, 0.25) is 0 Å². The van der Waals surface area contributed by atoms with Crippen LogP contribution in [0, 0.1) is 16.7 Å². The summed E-state index contributed by atoms with van der Waals surface area (Å²) in [6.45, 7) is 2.53. The predicted octanol–water partition coefficient (Wildman–Crippen LogP) is 8.52. The summed E-state index contributed by atoms with van der Waals surface area (Å²) < 4.78 is 19.7. The topological polar surface area (TPSA) is 51.2 Å². The number of amides is 1. The van der Waals surface area contributed by atoms with E-state index in [1.807, 2.05) is 60.7 Å². The Morgan fingerprint density at radius 3 is 1.95 bits per heavy atom. The lowest BCUT2D eigenvalue weighted by Crippen LogP contribution is -2.22. The van der Waals surface area contributed by atoms with Crippen molar-refractivity contribution in [2.24, 2.45) is 0 Å². The van der Waals surface area contributed by atoms with Crippen molar-refractivity contribution in [2.75, 3.05) is 5.32 Å². The minimum Gasteiger partial charge on any atom is -0.489 e. The van der Waals surface area contributed by atoms with E-state index in [1.54, 1.807) is 0 Å². The van der Waals surface area contributed by atoms with Crippen LogP contribution in [0.25, 0.3) is 0 Å². The van der Waals surface area contributed by atoms with Gasteiger partial charge in [0, 0.05) is 0 Å². The maximum Gasteiger partial charge on any atom is 0.238 e. The van der Waals surface area contributed by atoms with E-state index >= 15 is 0 Å². The van der Waals surface area contributed by atoms with E-state index in [0.717, 1.165) is 46.4 Å². The van der Waals surface area contributed by atoms with Crippen LogP contribution in [0.15, 0.2) is 97.1 Å². The molecule has 1 atom stereocenters. The van der Waals surface area contributed by atoms with Gasteiger partial charge in [-0.1, -0.05) is 78.4 Å². The van der Waals surface area contributed by atoms with Crippen LogP contribution in [0.3, 0.4) is 0 Å². The maximum atomic E-state index is 13.5. The molecular formula is C32H27FN2O2S3. The van der Waals surface area contributed by atoms with Crippen molar-refractivity contribution in [3.8, 4) is 5.75 Å². The highest BCUT2D eigenvalue weighted by atomic mass is 32.9. The Hall–Kier alpha value is -3.72. The van der Waals surface area contributed by atoms with Gasteiger partial charge in [0.15, 0.2) is 3.95 Å². The molecule has 5 aromatic rings. The van der Waals surface area contributed by atoms with E-state index in [4.69, 9.17) is 17.0 Å². The highest BCUT2D eigenvalue weighted by Crippen LogP contribution is 2.30. The molecule has 0 aliphatic carbocycles. The van der Waals surface area contributed by atoms with Gasteiger partial charge in [0.2, 0.25) is 11.0 Å². The van der Waals surface area contributed by atoms with Crippen LogP contribution in [0.1, 0.15) is 39.3 Å². The molecule has 1 amide bonds. The minimum atomic E-state index is -0.542. The summed E-state index contributed by atoms with van der Waals surface area (Å²) in [5.41, 5.74) is 6.24. The van der Waals surface area contributed by atoms with Gasteiger partial charge in [-0.05, 0) is 105 Å². The summed E-state index contributed by atoms with van der Waals surface area (Å²) in [6.07, 6.45) is 1.63. The summed E-state index contributed by atoms with van der Waals surface area (Å²) in [5, 5.41) is 3.44. The maximum absolute atomic E-state index is 13.5. The van der Waals surface area contributed by atoms with Gasteiger partial charge in [0.05, 0.1) is 5.92 Å². The summed E-state index contributed by atoms with van der Waals surface area (Å²) in [7, 11) is 2.71. The first-order valence-electron chi connectivity index (χ1n) is 12.8. The molecule has 4 aromatic carbocycles. The van der Waals surface area contributed by atoms with Crippen LogP contribution in [0.5, 0.6) is 5.75 Å². The smallest absolute Gasteiger partial charge is 0.238 e. The van der Waals surface area contributed by atoms with Crippen molar-refractivity contribution < 1.29 is 13.9 Å². The summed E-state index contributed by atoms with van der Waals surface area (Å²) >= 11 is 5.13. The van der Waals surface area contributed by atoms with Gasteiger partial charge in [-0.25, -0.2) is 4.39 Å². The van der Waals surface area contributed by atoms with Gasteiger partial charge in [-0.3, -0.25) is 4.79 Å². The molecular weight excluding hydrogens is 560 g/mol. The molecule has 0 saturated carbocycles. The van der Waals surface area contributed by atoms with E-state index in [-0.39, 0.29) is 11.7 Å². The van der Waals surface area contributed by atoms with Crippen molar-refractivity contribution in [1.82, 2.24) is 4.98 Å². The first-order chi connectivity index (χ1) is 19.4. The normalized spacial score (nSPS) is 11.7. The molecule has 0 fully saturated rings. The number of rotatable bonds is 10. The molecule has 1 unspecified atom stereocenters. The zero-order chi connectivity index (χ0) is 27.9. The number of halogens is 1. The van der Waals surface area contributed by atoms with Gasteiger partial charge < -0.3 is 10.1 Å². The number of hydrogen-bond acceptors (Lipinski definition) is 6. The van der Waals surface area contributed by atoms with Crippen LogP contribution in [-0.2, 0) is 24.2 Å². The summed E-state index contributed by atoms with van der Waals surface area (Å²) in [6, 6.07) is 30.6. The Kier molecular flexibility index (Phi) is 9.11. The molecule has 5 rings (SSSR count). The Balaban J connectivity index is 1.32. The zero-order valence-corrected chi connectivity index (χ0v) is 24.3. The van der Waals surface area contributed by atoms with E-state index < -0.39 is 5.92 Å². The number of carbonyl (C=O) groups excluding carboxylic acids is 1. The first-order valence-corrected chi connectivity index (χ1v) is 15.4. The highest BCUT2D eigenvalue weighted by Gasteiger charge is 2.24. The number of aromatic nitrogens is 1. The average molecular weight is 587 g/mol. The fraction of sp³-hybridized carbons (Fsp3) is 0.156. The van der Waals surface area contributed by atoms with Gasteiger partial charge in [0.1, 0.15) is 18.2 Å². The molecule has 0 bridgehead atoms. The molecule has 0 saturated heterocycles. The van der Waals surface area contributed by atoms with Crippen LogP contribution in [-0.4, -0.2) is 10.9 Å². The molecule has 202 valence electrons. The van der Waals surface area contributed by atoms with Gasteiger partial charge >= 0.3 is 0 Å². The SMILES string of the molecule is Cc1ccc(COc2ccc(C(C(=O)Nc3nc(=S)ss3)c3ccc(CCc4ccc(F)cc4)cc3)cc2)cc1. The second kappa shape index (κ2) is 13.1. The lowest BCUT2D eigenvalue weighted by molar-refractivity contribution is -0.116. The van der Waals surface area contributed by atoms with Crippen LogP contribution >= 0.6 is 32.9 Å². The fourth-order valence-electron chi connectivity index (χ4n) is 4.34. The lowest BCUT2D eigenvalue weighted by Gasteiger charge is -2.18. The number of aryl methyl sites for hydroxylation is 3. The minimum absolute atomic E-state index is 0.177. The Labute approximate surface area is 245 Å². The highest BCUT2D eigenvalue weighted by molar-refractivity contribution is 7.79. The Bertz CT molecular complexity index is 1520. The van der Waals surface area contributed by atoms with Crippen molar-refractivity contribution in [2.45, 2.75) is 32.3 Å². The molecule has 1 aromatic heterocycles. The number of hydrogen-bond donors (Lipinski definition) is 1. The molecule has 0 spiro atoms. The Morgan fingerprint density at radius 1 is 0.825 bits per heavy atom. The number of nitrogens with one attached hydrogen (secondary N) is 1. The van der Waals surface area contributed by atoms with E-state index in [2.05, 4.69) is 41.5 Å². The molecule has 0 aliphatic rings. The molecule has 40 heavy (non-hydrogen) atoms. The second-order valence-electron chi connectivity index (χ2n) is 9.48. The molecule has 0 aliphatic heterocycles. The summed E-state index contributed by atoms with van der Waals surface area (Å²) in [5.74, 6) is -0.216. The standard InChI is InChI=1S/C32H27FN2O2S3/c1-21-2-4-24(5-3-21)20-37-28-18-14-26(15-19-28)29(30(36)34-31-35-32(38)40-39-31)25-12-8-22(9-13-25)6-7-23-10-16-27(33)17-11-23/h2-5,8-19,29H,6-7,20H2,1H3,(H,34,35,36,38). The van der Waals surface area contributed by atoms with Crippen molar-refractivity contribution in [1.29, 1.82) is 0 Å².